The van der Waals surface area contributed by atoms with E-state index in [1.165, 1.54) is 5.56 Å². The normalized spacial score (nSPS) is 10.7. The lowest BCUT2D eigenvalue weighted by Crippen LogP contribution is -2.14. The fourth-order valence-corrected chi connectivity index (χ4v) is 2.60. The Labute approximate surface area is 125 Å². The average Bonchev–Trinajstić information content (AvgIpc) is 2.73. The van der Waals surface area contributed by atoms with Crippen LogP contribution in [0.5, 0.6) is 5.75 Å². The number of aromatic nitrogens is 2. The topological polar surface area (TPSA) is 44.1 Å². The maximum atomic E-state index is 12.5. The standard InChI is InChI=1S/C17H22N2O2/c1-5-14-12(3)18-19(13(14)4)11-16(20)15-9-7-8-10-17(15)21-6-2/h7-10H,5-6,11H2,1-4H3. The molecule has 0 unspecified atom stereocenters. The molecule has 0 saturated carbocycles. The number of nitrogens with zero attached hydrogens (tertiary/aromatic N) is 2. The van der Waals surface area contributed by atoms with E-state index in [0.29, 0.717) is 17.9 Å². The van der Waals surface area contributed by atoms with Crippen LogP contribution >= 0.6 is 0 Å². The van der Waals surface area contributed by atoms with Gasteiger partial charge in [-0.05, 0) is 44.9 Å². The second-order valence-electron chi connectivity index (χ2n) is 5.01. The zero-order chi connectivity index (χ0) is 15.4. The van der Waals surface area contributed by atoms with Crippen molar-refractivity contribution in [3.63, 3.8) is 0 Å². The van der Waals surface area contributed by atoms with Crippen LogP contribution in [-0.2, 0) is 13.0 Å². The zero-order valence-corrected chi connectivity index (χ0v) is 13.1. The van der Waals surface area contributed by atoms with E-state index in [0.717, 1.165) is 17.8 Å². The molecule has 0 fully saturated rings. The highest BCUT2D eigenvalue weighted by Crippen LogP contribution is 2.20. The van der Waals surface area contributed by atoms with Crippen LogP contribution < -0.4 is 4.74 Å². The quantitative estimate of drug-likeness (QED) is 0.765. The van der Waals surface area contributed by atoms with E-state index in [-0.39, 0.29) is 12.3 Å². The fraction of sp³-hybridized carbons (Fsp3) is 0.412. The summed E-state index contributed by atoms with van der Waals surface area (Å²) in [4.78, 5) is 12.5. The number of aryl methyl sites for hydroxylation is 1. The molecule has 21 heavy (non-hydrogen) atoms. The Kier molecular flexibility index (Phi) is 4.78. The summed E-state index contributed by atoms with van der Waals surface area (Å²) >= 11 is 0. The monoisotopic (exact) mass is 286 g/mol. The highest BCUT2D eigenvalue weighted by Gasteiger charge is 2.16. The first kappa shape index (κ1) is 15.3. The Morgan fingerprint density at radius 3 is 2.57 bits per heavy atom. The number of carbonyl (C=O) groups excluding carboxylic acids is 1. The SMILES string of the molecule is CCOc1ccccc1C(=O)Cn1nc(C)c(CC)c1C. The minimum atomic E-state index is 0.0207. The Morgan fingerprint density at radius 2 is 1.95 bits per heavy atom. The molecule has 4 heteroatoms. The van der Waals surface area contributed by atoms with Crippen molar-refractivity contribution in [2.45, 2.75) is 40.7 Å². The minimum Gasteiger partial charge on any atom is -0.493 e. The van der Waals surface area contributed by atoms with Crippen LogP contribution in [0.3, 0.4) is 0 Å². The lowest BCUT2D eigenvalue weighted by Gasteiger charge is -2.10. The van der Waals surface area contributed by atoms with E-state index < -0.39 is 0 Å². The number of hydrogen-bond acceptors (Lipinski definition) is 3. The van der Waals surface area contributed by atoms with E-state index in [1.807, 2.05) is 39.0 Å². The predicted octanol–water partition coefficient (Wildman–Crippen LogP) is 3.34. The van der Waals surface area contributed by atoms with Gasteiger partial charge in [-0.3, -0.25) is 9.48 Å². The molecule has 2 rings (SSSR count). The third-order valence-electron chi connectivity index (χ3n) is 3.67. The Balaban J connectivity index is 2.26. The maximum absolute atomic E-state index is 12.5. The highest BCUT2D eigenvalue weighted by atomic mass is 16.5. The second kappa shape index (κ2) is 6.57. The zero-order valence-electron chi connectivity index (χ0n) is 13.1. The van der Waals surface area contributed by atoms with Crippen LogP contribution in [0.1, 0.15) is 41.2 Å². The summed E-state index contributed by atoms with van der Waals surface area (Å²) in [6, 6.07) is 7.36. The van der Waals surface area contributed by atoms with Crippen LogP contribution in [-0.4, -0.2) is 22.2 Å². The lowest BCUT2D eigenvalue weighted by atomic mass is 10.1. The summed E-state index contributed by atoms with van der Waals surface area (Å²) in [6.45, 7) is 8.81. The first-order chi connectivity index (χ1) is 10.1. The molecule has 0 spiro atoms. The molecule has 0 amide bonds. The van der Waals surface area contributed by atoms with Crippen molar-refractivity contribution >= 4 is 5.78 Å². The van der Waals surface area contributed by atoms with Gasteiger partial charge < -0.3 is 4.74 Å². The van der Waals surface area contributed by atoms with Crippen LogP contribution in [0, 0.1) is 13.8 Å². The molecule has 4 nitrogen and oxygen atoms in total. The van der Waals surface area contributed by atoms with Gasteiger partial charge in [0.15, 0.2) is 5.78 Å². The van der Waals surface area contributed by atoms with Crippen molar-refractivity contribution in [2.24, 2.45) is 0 Å². The number of benzene rings is 1. The van der Waals surface area contributed by atoms with E-state index in [9.17, 15) is 4.79 Å². The van der Waals surface area contributed by atoms with Crippen LogP contribution in [0.2, 0.25) is 0 Å². The first-order valence-electron chi connectivity index (χ1n) is 7.36. The third-order valence-corrected chi connectivity index (χ3v) is 3.67. The molecule has 1 aromatic carbocycles. The molecule has 0 aliphatic heterocycles. The molecule has 0 saturated heterocycles. The number of rotatable bonds is 6. The highest BCUT2D eigenvalue weighted by molar-refractivity contribution is 5.98. The van der Waals surface area contributed by atoms with Gasteiger partial charge in [-0.2, -0.15) is 5.10 Å². The van der Waals surface area contributed by atoms with Crippen LogP contribution in [0.4, 0.5) is 0 Å². The molecule has 0 N–H and O–H groups in total. The van der Waals surface area contributed by atoms with Gasteiger partial charge in [0, 0.05) is 5.69 Å². The Morgan fingerprint density at radius 1 is 1.24 bits per heavy atom. The van der Waals surface area contributed by atoms with Gasteiger partial charge in [-0.1, -0.05) is 19.1 Å². The van der Waals surface area contributed by atoms with Gasteiger partial charge in [-0.25, -0.2) is 0 Å². The number of para-hydroxylation sites is 1. The molecule has 0 aliphatic carbocycles. The van der Waals surface area contributed by atoms with Gasteiger partial charge in [0.1, 0.15) is 12.3 Å². The van der Waals surface area contributed by atoms with Crippen molar-refractivity contribution in [1.82, 2.24) is 9.78 Å². The van der Waals surface area contributed by atoms with E-state index in [1.54, 1.807) is 10.7 Å². The van der Waals surface area contributed by atoms with Gasteiger partial charge in [0.05, 0.1) is 17.9 Å². The van der Waals surface area contributed by atoms with E-state index in [2.05, 4.69) is 12.0 Å². The number of Topliss-reactive ketones (excluding diaryl/α,β-unsaturated/α-hetero) is 1. The van der Waals surface area contributed by atoms with Gasteiger partial charge >= 0.3 is 0 Å². The van der Waals surface area contributed by atoms with Crippen LogP contribution in [0.25, 0.3) is 0 Å². The Hall–Kier alpha value is -2.10. The van der Waals surface area contributed by atoms with Crippen molar-refractivity contribution < 1.29 is 9.53 Å². The number of ether oxygens (including phenoxy) is 1. The molecule has 0 aliphatic rings. The van der Waals surface area contributed by atoms with Gasteiger partial charge in [0.2, 0.25) is 0 Å². The molecule has 0 atom stereocenters. The van der Waals surface area contributed by atoms with Gasteiger partial charge in [-0.15, -0.1) is 0 Å². The van der Waals surface area contributed by atoms with E-state index >= 15 is 0 Å². The summed E-state index contributed by atoms with van der Waals surface area (Å²) in [5, 5.41) is 4.48. The average molecular weight is 286 g/mol. The number of carbonyl (C=O) groups is 1. The van der Waals surface area contributed by atoms with Crippen molar-refractivity contribution in [1.29, 1.82) is 0 Å². The molecule has 0 radical (unpaired) electrons. The molecule has 1 aromatic heterocycles. The lowest BCUT2D eigenvalue weighted by molar-refractivity contribution is 0.0963. The van der Waals surface area contributed by atoms with Crippen molar-refractivity contribution in [3.8, 4) is 5.75 Å². The van der Waals surface area contributed by atoms with Crippen molar-refractivity contribution in [2.75, 3.05) is 6.61 Å². The third kappa shape index (κ3) is 3.15. The molecular weight excluding hydrogens is 264 g/mol. The predicted molar refractivity (Wildman–Crippen MR) is 83.0 cm³/mol. The number of hydrogen-bond donors (Lipinski definition) is 0. The van der Waals surface area contributed by atoms with Gasteiger partial charge in [0.25, 0.3) is 0 Å². The minimum absolute atomic E-state index is 0.0207. The smallest absolute Gasteiger partial charge is 0.187 e. The molecule has 1 heterocycles. The number of ketones is 1. The van der Waals surface area contributed by atoms with E-state index in [4.69, 9.17) is 4.74 Å². The first-order valence-corrected chi connectivity index (χ1v) is 7.36. The molecular formula is C17H22N2O2. The Bertz CT molecular complexity index is 644. The molecule has 112 valence electrons. The largest absolute Gasteiger partial charge is 0.493 e. The second-order valence-corrected chi connectivity index (χ2v) is 5.01. The summed E-state index contributed by atoms with van der Waals surface area (Å²) in [6.07, 6.45) is 0.932. The summed E-state index contributed by atoms with van der Waals surface area (Å²) in [7, 11) is 0. The summed E-state index contributed by atoms with van der Waals surface area (Å²) in [5.74, 6) is 0.662. The fourth-order valence-electron chi connectivity index (χ4n) is 2.60. The summed E-state index contributed by atoms with van der Waals surface area (Å²) < 4.78 is 7.32. The maximum Gasteiger partial charge on any atom is 0.187 e. The molecule has 2 aromatic rings. The van der Waals surface area contributed by atoms with Crippen molar-refractivity contribution in [3.05, 3.63) is 46.8 Å². The molecule has 0 bridgehead atoms. The summed E-state index contributed by atoms with van der Waals surface area (Å²) in [5.41, 5.74) is 3.91. The van der Waals surface area contributed by atoms with Crippen LogP contribution in [0.15, 0.2) is 24.3 Å².